The van der Waals surface area contributed by atoms with E-state index in [9.17, 15) is 24.9 Å². The summed E-state index contributed by atoms with van der Waals surface area (Å²) >= 11 is 0. The van der Waals surface area contributed by atoms with Crippen molar-refractivity contribution in [1.29, 1.82) is 0 Å². The number of imidazole rings is 2. The summed E-state index contributed by atoms with van der Waals surface area (Å²) in [5.74, 6) is 0.139. The van der Waals surface area contributed by atoms with Crippen molar-refractivity contribution in [2.24, 2.45) is 0 Å². The second-order valence-electron chi connectivity index (χ2n) is 12.4. The van der Waals surface area contributed by atoms with Gasteiger partial charge in [-0.15, -0.1) is 0 Å². The van der Waals surface area contributed by atoms with Gasteiger partial charge in [-0.25, -0.2) is 14.8 Å². The van der Waals surface area contributed by atoms with Gasteiger partial charge >= 0.3 is 6.03 Å². The van der Waals surface area contributed by atoms with E-state index in [1.165, 1.54) is 12.7 Å². The van der Waals surface area contributed by atoms with Gasteiger partial charge in [0, 0.05) is 18.7 Å². The Morgan fingerprint density at radius 2 is 1.60 bits per heavy atom. The zero-order chi connectivity index (χ0) is 36.0. The number of fused-ring (bicyclic) bond motifs is 1. The number of pyridine rings is 1. The van der Waals surface area contributed by atoms with Crippen molar-refractivity contribution in [3.05, 3.63) is 121 Å². The van der Waals surface area contributed by atoms with Crippen LogP contribution < -0.4 is 21.3 Å². The van der Waals surface area contributed by atoms with E-state index in [0.717, 1.165) is 11.1 Å². The van der Waals surface area contributed by atoms with Gasteiger partial charge in [0.05, 0.1) is 36.8 Å². The third-order valence-corrected chi connectivity index (χ3v) is 9.00. The Morgan fingerprint density at radius 1 is 0.865 bits per heavy atom. The van der Waals surface area contributed by atoms with E-state index in [4.69, 9.17) is 9.97 Å². The maximum absolute atomic E-state index is 12.6. The summed E-state index contributed by atoms with van der Waals surface area (Å²) in [4.78, 5) is 47.4. The average molecular weight is 704 g/mol. The number of carbonyl (C=O) groups is 2. The van der Waals surface area contributed by atoms with E-state index >= 15 is 0 Å². The van der Waals surface area contributed by atoms with Gasteiger partial charge in [-0.2, -0.15) is 9.97 Å². The molecule has 16 heteroatoms. The fourth-order valence-electron chi connectivity index (χ4n) is 6.39. The van der Waals surface area contributed by atoms with Crippen LogP contribution in [0.15, 0.2) is 104 Å². The third kappa shape index (κ3) is 7.44. The fraction of sp³-hybridized carbons (Fsp3) is 0.250. The Labute approximate surface area is 297 Å². The highest BCUT2D eigenvalue weighted by atomic mass is 16.3. The Kier molecular flexibility index (Phi) is 10.1. The smallest absolute Gasteiger partial charge is 0.320 e. The maximum Gasteiger partial charge on any atom is 0.320 e. The molecular weight excluding hydrogens is 666 g/mol. The first-order valence-corrected chi connectivity index (χ1v) is 16.7. The van der Waals surface area contributed by atoms with E-state index < -0.39 is 42.8 Å². The topological polar surface area (TPSA) is 217 Å². The van der Waals surface area contributed by atoms with Crippen LogP contribution >= 0.6 is 0 Å². The Morgan fingerprint density at radius 3 is 2.29 bits per heavy atom. The molecule has 52 heavy (non-hydrogen) atoms. The number of aromatic nitrogens is 7. The summed E-state index contributed by atoms with van der Waals surface area (Å²) in [7, 11) is 0. The second-order valence-corrected chi connectivity index (χ2v) is 12.4. The molecule has 16 nitrogen and oxygen atoms in total. The number of rotatable bonds is 12. The quantitative estimate of drug-likeness (QED) is 0.0980. The molecule has 0 spiro atoms. The monoisotopic (exact) mass is 703 g/mol. The van der Waals surface area contributed by atoms with Crippen molar-refractivity contribution in [2.45, 2.75) is 43.2 Å². The molecule has 0 bridgehead atoms. The van der Waals surface area contributed by atoms with Gasteiger partial charge in [-0.1, -0.05) is 66.7 Å². The first-order valence-electron chi connectivity index (χ1n) is 16.7. The second kappa shape index (κ2) is 15.3. The number of nitrogens with zero attached hydrogens (tertiary/aromatic N) is 7. The zero-order valence-electron chi connectivity index (χ0n) is 27.8. The molecule has 6 aromatic rings. The van der Waals surface area contributed by atoms with Crippen LogP contribution in [0.3, 0.4) is 0 Å². The van der Waals surface area contributed by atoms with E-state index in [1.807, 2.05) is 42.5 Å². The summed E-state index contributed by atoms with van der Waals surface area (Å²) in [6, 6.07) is 23.6. The highest BCUT2D eigenvalue weighted by Crippen LogP contribution is 2.35. The summed E-state index contributed by atoms with van der Waals surface area (Å²) in [5, 5.41) is 42.6. The molecule has 4 heterocycles. The van der Waals surface area contributed by atoms with Crippen LogP contribution in [0.4, 0.5) is 16.4 Å². The number of aliphatic hydroxyl groups is 3. The van der Waals surface area contributed by atoms with Gasteiger partial charge in [0.1, 0.15) is 25.1 Å². The molecule has 1 saturated carbocycles. The van der Waals surface area contributed by atoms with Crippen LogP contribution in [0.5, 0.6) is 0 Å². The number of carbonyl (C=O) groups excluding carboxylic acids is 2. The number of amides is 3. The number of benzene rings is 2. The molecular formula is C36H37N11O5. The molecule has 0 unspecified atom stereocenters. The Balaban J connectivity index is 1.21. The van der Waals surface area contributed by atoms with Gasteiger partial charge in [0.25, 0.3) is 0 Å². The fourth-order valence-corrected chi connectivity index (χ4v) is 6.39. The zero-order valence-corrected chi connectivity index (χ0v) is 27.8. The number of anilines is 2. The SMILES string of the molecule is O=C(CO)N[C@H]1C[C@@H](n2cnc3c(NCC(c4ccccc4)c4ccccc4)nc(-n4cnc(NC(=O)NCc5ccccn5)c4)nc32)[C@H](O)[C@@H]1O. The molecule has 0 saturated heterocycles. The lowest BCUT2D eigenvalue weighted by molar-refractivity contribution is -0.125. The number of urea groups is 1. The van der Waals surface area contributed by atoms with Gasteiger partial charge in [0.2, 0.25) is 11.9 Å². The normalized spacial score (nSPS) is 18.4. The Hall–Kier alpha value is -6.23. The standard InChI is InChI=1S/C36H37N11O5/c48-19-29(49)42-26-15-27(32(51)31(26)50)47-21-41-30-33(38-17-25(22-9-3-1-4-10-22)23-11-5-2-6-12-23)44-35(45-34(30)47)46-18-28(40-20-46)43-36(52)39-16-24-13-7-8-14-37-24/h1-14,18,20-21,25-27,31-32,48,50-51H,15-17,19H2,(H,42,49)(H,38,44,45)(H2,39,43,52)/t26-,27+,31+,32-/m0/s1. The molecule has 7 rings (SSSR count). The third-order valence-electron chi connectivity index (χ3n) is 9.00. The van der Waals surface area contributed by atoms with Crippen LogP contribution in [0.1, 0.15) is 35.2 Å². The van der Waals surface area contributed by atoms with Crippen LogP contribution in [0.25, 0.3) is 17.1 Å². The summed E-state index contributed by atoms with van der Waals surface area (Å²) in [6.07, 6.45) is 3.78. The van der Waals surface area contributed by atoms with Crippen LogP contribution in [-0.2, 0) is 11.3 Å². The molecule has 2 aromatic carbocycles. The Bertz CT molecular complexity index is 2090. The van der Waals surface area contributed by atoms with Crippen molar-refractivity contribution in [3.63, 3.8) is 0 Å². The van der Waals surface area contributed by atoms with Gasteiger partial charge in [-0.05, 0) is 29.7 Å². The molecule has 0 aliphatic heterocycles. The minimum absolute atomic E-state index is 0.0470. The highest BCUT2D eigenvalue weighted by Gasteiger charge is 2.44. The maximum atomic E-state index is 12.6. The first-order chi connectivity index (χ1) is 25.4. The summed E-state index contributed by atoms with van der Waals surface area (Å²) in [5.41, 5.74) is 3.67. The molecule has 3 amide bonds. The lowest BCUT2D eigenvalue weighted by atomic mass is 9.91. The van der Waals surface area contributed by atoms with Crippen molar-refractivity contribution >= 4 is 34.7 Å². The molecule has 1 aliphatic carbocycles. The number of aliphatic hydroxyl groups excluding tert-OH is 3. The number of hydrogen-bond acceptors (Lipinski definition) is 11. The van der Waals surface area contributed by atoms with Gasteiger partial charge in [0.15, 0.2) is 22.8 Å². The predicted octanol–water partition coefficient (Wildman–Crippen LogP) is 2.12. The molecule has 1 aliphatic rings. The summed E-state index contributed by atoms with van der Waals surface area (Å²) in [6.45, 7) is -0.0742. The van der Waals surface area contributed by atoms with Crippen LogP contribution in [0, 0.1) is 0 Å². The average Bonchev–Trinajstić information content (AvgIpc) is 3.90. The van der Waals surface area contributed by atoms with E-state index in [-0.39, 0.29) is 30.6 Å². The number of nitrogens with one attached hydrogen (secondary N) is 4. The summed E-state index contributed by atoms with van der Waals surface area (Å²) < 4.78 is 3.20. The van der Waals surface area contributed by atoms with Crippen LogP contribution in [-0.4, -0.2) is 92.7 Å². The minimum Gasteiger partial charge on any atom is -0.388 e. The lowest BCUT2D eigenvalue weighted by Crippen LogP contribution is -2.44. The van der Waals surface area contributed by atoms with Crippen LogP contribution in [0.2, 0.25) is 0 Å². The first kappa shape index (κ1) is 34.2. The molecule has 266 valence electrons. The number of hydrogen-bond donors (Lipinski definition) is 7. The van der Waals surface area contributed by atoms with E-state index in [0.29, 0.717) is 29.2 Å². The largest absolute Gasteiger partial charge is 0.388 e. The van der Waals surface area contributed by atoms with Crippen molar-refractivity contribution < 1.29 is 24.9 Å². The van der Waals surface area contributed by atoms with Crippen molar-refractivity contribution in [2.75, 3.05) is 23.8 Å². The van der Waals surface area contributed by atoms with Crippen molar-refractivity contribution in [1.82, 2.24) is 44.7 Å². The molecule has 4 atom stereocenters. The molecule has 7 N–H and O–H groups in total. The molecule has 1 fully saturated rings. The minimum atomic E-state index is -1.29. The van der Waals surface area contributed by atoms with Gasteiger partial charge < -0.3 is 35.8 Å². The highest BCUT2D eigenvalue weighted by molar-refractivity contribution is 5.88. The van der Waals surface area contributed by atoms with E-state index in [2.05, 4.69) is 60.5 Å². The molecule has 0 radical (unpaired) electrons. The van der Waals surface area contributed by atoms with Gasteiger partial charge in [-0.3, -0.25) is 19.7 Å². The predicted molar refractivity (Wildman–Crippen MR) is 190 cm³/mol. The molecule has 4 aromatic heterocycles. The van der Waals surface area contributed by atoms with E-state index in [1.54, 1.807) is 33.7 Å². The lowest BCUT2D eigenvalue weighted by Gasteiger charge is -2.20. The van der Waals surface area contributed by atoms with Crippen molar-refractivity contribution in [3.8, 4) is 5.95 Å².